The Morgan fingerprint density at radius 1 is 1.04 bits per heavy atom. The van der Waals surface area contributed by atoms with E-state index in [9.17, 15) is 0 Å². The van der Waals surface area contributed by atoms with Crippen LogP contribution >= 0.6 is 11.6 Å². The molecule has 122 valence electrons. The quantitative estimate of drug-likeness (QED) is 0.466. The van der Waals surface area contributed by atoms with E-state index < -0.39 is 0 Å². The van der Waals surface area contributed by atoms with Crippen molar-refractivity contribution in [1.29, 1.82) is 0 Å². The van der Waals surface area contributed by atoms with Crippen molar-refractivity contribution in [3.63, 3.8) is 0 Å². The van der Waals surface area contributed by atoms with Crippen molar-refractivity contribution in [1.82, 2.24) is 15.6 Å². The summed E-state index contributed by atoms with van der Waals surface area (Å²) < 4.78 is 0. The minimum atomic E-state index is 0.807. The van der Waals surface area contributed by atoms with Gasteiger partial charge in [0.1, 0.15) is 0 Å². The maximum atomic E-state index is 6.16. The normalized spacial score (nSPS) is 11.3. The van der Waals surface area contributed by atoms with E-state index in [-0.39, 0.29) is 0 Å². The number of guanidine groups is 1. The van der Waals surface area contributed by atoms with Crippen molar-refractivity contribution in [3.05, 3.63) is 64.9 Å². The highest BCUT2D eigenvalue weighted by molar-refractivity contribution is 6.31. The topological polar surface area (TPSA) is 49.3 Å². The molecule has 5 heteroatoms. The smallest absolute Gasteiger partial charge is 0.190 e. The average Bonchev–Trinajstić information content (AvgIpc) is 2.59. The van der Waals surface area contributed by atoms with E-state index in [0.29, 0.717) is 0 Å². The Bertz CT molecular complexity index is 613. The minimum absolute atomic E-state index is 0.807. The van der Waals surface area contributed by atoms with Crippen molar-refractivity contribution in [2.45, 2.75) is 19.3 Å². The van der Waals surface area contributed by atoms with Crippen LogP contribution in [0.3, 0.4) is 0 Å². The first-order chi connectivity index (χ1) is 11.3. The number of halogens is 1. The van der Waals surface area contributed by atoms with Gasteiger partial charge in [0, 0.05) is 43.5 Å². The molecule has 1 aromatic heterocycles. The molecule has 0 fully saturated rings. The lowest BCUT2D eigenvalue weighted by Gasteiger charge is -2.12. The SMILES string of the molecule is CN=C(NCCCc1ccccc1Cl)NCCc1ccccn1. The number of hydrogen-bond acceptors (Lipinski definition) is 2. The fourth-order valence-electron chi connectivity index (χ4n) is 2.26. The summed E-state index contributed by atoms with van der Waals surface area (Å²) in [5.74, 6) is 0.820. The number of nitrogens with zero attached hydrogens (tertiary/aromatic N) is 2. The van der Waals surface area contributed by atoms with E-state index in [4.69, 9.17) is 11.6 Å². The third-order valence-electron chi connectivity index (χ3n) is 3.50. The summed E-state index contributed by atoms with van der Waals surface area (Å²) in [7, 11) is 1.78. The Hall–Kier alpha value is -2.07. The first-order valence-electron chi connectivity index (χ1n) is 7.87. The van der Waals surface area contributed by atoms with Crippen LogP contribution in [-0.4, -0.2) is 31.1 Å². The molecule has 0 aliphatic rings. The number of nitrogens with one attached hydrogen (secondary N) is 2. The zero-order chi connectivity index (χ0) is 16.3. The van der Waals surface area contributed by atoms with E-state index in [2.05, 4.69) is 26.7 Å². The van der Waals surface area contributed by atoms with Crippen LogP contribution in [0.2, 0.25) is 5.02 Å². The van der Waals surface area contributed by atoms with Gasteiger partial charge in [-0.1, -0.05) is 35.9 Å². The van der Waals surface area contributed by atoms with E-state index in [1.54, 1.807) is 7.05 Å². The van der Waals surface area contributed by atoms with E-state index in [0.717, 1.165) is 49.0 Å². The molecule has 4 nitrogen and oxygen atoms in total. The molecule has 0 aliphatic carbocycles. The fraction of sp³-hybridized carbons (Fsp3) is 0.333. The standard InChI is InChI=1S/C18H23ClN4/c1-20-18(23-14-11-16-9-4-5-12-21-16)22-13-6-8-15-7-2-3-10-17(15)19/h2-5,7,9-10,12H,6,8,11,13-14H2,1H3,(H2,20,22,23). The van der Waals surface area contributed by atoms with Crippen LogP contribution in [-0.2, 0) is 12.8 Å². The summed E-state index contributed by atoms with van der Waals surface area (Å²) in [6.45, 7) is 1.66. The van der Waals surface area contributed by atoms with Crippen molar-refractivity contribution in [2.24, 2.45) is 4.99 Å². The van der Waals surface area contributed by atoms with E-state index >= 15 is 0 Å². The molecule has 0 saturated heterocycles. The Labute approximate surface area is 143 Å². The molecule has 0 unspecified atom stereocenters. The van der Waals surface area contributed by atoms with Crippen LogP contribution in [0.1, 0.15) is 17.7 Å². The van der Waals surface area contributed by atoms with Crippen LogP contribution in [0.5, 0.6) is 0 Å². The minimum Gasteiger partial charge on any atom is -0.356 e. The lowest BCUT2D eigenvalue weighted by Crippen LogP contribution is -2.38. The molecule has 0 radical (unpaired) electrons. The summed E-state index contributed by atoms with van der Waals surface area (Å²) in [6.07, 6.45) is 4.65. The van der Waals surface area contributed by atoms with Gasteiger partial charge < -0.3 is 10.6 Å². The number of benzene rings is 1. The molecule has 0 spiro atoms. The Morgan fingerprint density at radius 3 is 2.57 bits per heavy atom. The second-order valence-corrected chi connectivity index (χ2v) is 5.60. The molecule has 1 aromatic carbocycles. The molecule has 0 aliphatic heterocycles. The lowest BCUT2D eigenvalue weighted by molar-refractivity contribution is 0.736. The Kier molecular flexibility index (Phi) is 7.40. The van der Waals surface area contributed by atoms with Gasteiger partial charge in [0.25, 0.3) is 0 Å². The largest absolute Gasteiger partial charge is 0.356 e. The van der Waals surface area contributed by atoms with Crippen LogP contribution in [0.15, 0.2) is 53.7 Å². The monoisotopic (exact) mass is 330 g/mol. The van der Waals surface area contributed by atoms with Crippen LogP contribution in [0.4, 0.5) is 0 Å². The Morgan fingerprint density at radius 2 is 1.83 bits per heavy atom. The fourth-order valence-corrected chi connectivity index (χ4v) is 2.49. The van der Waals surface area contributed by atoms with Gasteiger partial charge >= 0.3 is 0 Å². The molecule has 0 bridgehead atoms. The molecule has 1 heterocycles. The highest BCUT2D eigenvalue weighted by Gasteiger charge is 2.00. The zero-order valence-electron chi connectivity index (χ0n) is 13.4. The van der Waals surface area contributed by atoms with E-state index in [1.807, 2.05) is 42.6 Å². The average molecular weight is 331 g/mol. The summed E-state index contributed by atoms with van der Waals surface area (Å²) in [4.78, 5) is 8.54. The second-order valence-electron chi connectivity index (χ2n) is 5.19. The molecule has 2 rings (SSSR count). The number of rotatable bonds is 7. The first kappa shape index (κ1) is 17.3. The predicted octanol–water partition coefficient (Wildman–Crippen LogP) is 3.08. The van der Waals surface area contributed by atoms with Gasteiger partial charge in [-0.05, 0) is 36.6 Å². The van der Waals surface area contributed by atoms with Gasteiger partial charge in [-0.15, -0.1) is 0 Å². The Balaban J connectivity index is 1.64. The molecular formula is C18H23ClN4. The van der Waals surface area contributed by atoms with Gasteiger partial charge in [-0.25, -0.2) is 0 Å². The van der Waals surface area contributed by atoms with Crippen molar-refractivity contribution in [3.8, 4) is 0 Å². The third kappa shape index (κ3) is 6.28. The molecule has 0 amide bonds. The number of pyridine rings is 1. The molecule has 2 aromatic rings. The van der Waals surface area contributed by atoms with Gasteiger partial charge in [-0.2, -0.15) is 0 Å². The van der Waals surface area contributed by atoms with Gasteiger partial charge in [0.05, 0.1) is 0 Å². The molecular weight excluding hydrogens is 308 g/mol. The summed E-state index contributed by atoms with van der Waals surface area (Å²) >= 11 is 6.16. The summed E-state index contributed by atoms with van der Waals surface area (Å²) in [5.41, 5.74) is 2.27. The molecule has 0 saturated carbocycles. The zero-order valence-corrected chi connectivity index (χ0v) is 14.2. The third-order valence-corrected chi connectivity index (χ3v) is 3.87. The van der Waals surface area contributed by atoms with Crippen molar-refractivity contribution in [2.75, 3.05) is 20.1 Å². The number of aliphatic imine (C=N–C) groups is 1. The van der Waals surface area contributed by atoms with E-state index in [1.165, 1.54) is 5.56 Å². The van der Waals surface area contributed by atoms with Crippen molar-refractivity contribution >= 4 is 17.6 Å². The maximum Gasteiger partial charge on any atom is 0.190 e. The highest BCUT2D eigenvalue weighted by atomic mass is 35.5. The van der Waals surface area contributed by atoms with Crippen LogP contribution in [0, 0.1) is 0 Å². The number of hydrogen-bond donors (Lipinski definition) is 2. The first-order valence-corrected chi connectivity index (χ1v) is 8.25. The summed E-state index contributed by atoms with van der Waals surface area (Å²) in [6, 6.07) is 13.9. The maximum absolute atomic E-state index is 6.16. The van der Waals surface area contributed by atoms with Gasteiger partial charge in [0.15, 0.2) is 5.96 Å². The molecule has 0 atom stereocenters. The number of aryl methyl sites for hydroxylation is 1. The van der Waals surface area contributed by atoms with Crippen LogP contribution < -0.4 is 10.6 Å². The number of aromatic nitrogens is 1. The van der Waals surface area contributed by atoms with Crippen molar-refractivity contribution < 1.29 is 0 Å². The predicted molar refractivity (Wildman–Crippen MR) is 97.1 cm³/mol. The van der Waals surface area contributed by atoms with Gasteiger partial charge in [-0.3, -0.25) is 9.98 Å². The molecule has 23 heavy (non-hydrogen) atoms. The van der Waals surface area contributed by atoms with Crippen LogP contribution in [0.25, 0.3) is 0 Å². The summed E-state index contributed by atoms with van der Waals surface area (Å²) in [5, 5.41) is 7.46. The van der Waals surface area contributed by atoms with Gasteiger partial charge in [0.2, 0.25) is 0 Å². The highest BCUT2D eigenvalue weighted by Crippen LogP contribution is 2.16. The lowest BCUT2D eigenvalue weighted by atomic mass is 10.1. The second kappa shape index (κ2) is 9.85. The molecule has 2 N–H and O–H groups in total.